The molecule has 1 aromatic carbocycles. The number of nitrogens with one attached hydrogen (secondary N) is 2. The zero-order valence-electron chi connectivity index (χ0n) is 16.4. The average Bonchev–Trinajstić information content (AvgIpc) is 2.98. The molecule has 0 bridgehead atoms. The van der Waals surface area contributed by atoms with Gasteiger partial charge >= 0.3 is 5.97 Å². The van der Waals surface area contributed by atoms with Gasteiger partial charge in [-0.15, -0.1) is 5.10 Å². The second-order valence-electron chi connectivity index (χ2n) is 6.38. The highest BCUT2D eigenvalue weighted by Gasteiger charge is 2.24. The van der Waals surface area contributed by atoms with E-state index in [1.807, 2.05) is 30.3 Å². The molecule has 0 unspecified atom stereocenters. The second-order valence-corrected chi connectivity index (χ2v) is 7.32. The zero-order chi connectivity index (χ0) is 21.0. The number of ether oxygens (including phenoxy) is 1. The van der Waals surface area contributed by atoms with Crippen LogP contribution < -0.4 is 10.9 Å². The van der Waals surface area contributed by atoms with Gasteiger partial charge in [0.15, 0.2) is 5.16 Å². The zero-order valence-corrected chi connectivity index (χ0v) is 17.3. The summed E-state index contributed by atoms with van der Waals surface area (Å²) in [6, 6.07) is 9.61. The first-order valence-electron chi connectivity index (χ1n) is 9.14. The molecule has 0 aliphatic carbocycles. The van der Waals surface area contributed by atoms with E-state index in [1.54, 1.807) is 25.2 Å². The van der Waals surface area contributed by atoms with Crippen molar-refractivity contribution in [1.29, 1.82) is 0 Å². The number of nitrogens with zero attached hydrogens (tertiary/aromatic N) is 2. The summed E-state index contributed by atoms with van der Waals surface area (Å²) < 4.78 is 6.72. The standard InChI is InChI=1S/C20H22N4O4S/c1-4-28-19(27)16-12(2)17-18(26)22-23-20(24(17)13(16)3)29-11-15(25)21-10-14-8-6-5-7-9-14/h5-9H,4,10-11H2,1-3H3,(H,21,25)(H,22,26). The van der Waals surface area contributed by atoms with Crippen LogP contribution >= 0.6 is 11.8 Å². The molecule has 3 aromatic rings. The van der Waals surface area contributed by atoms with Crippen LogP contribution in [0.2, 0.25) is 0 Å². The third kappa shape index (κ3) is 4.34. The van der Waals surface area contributed by atoms with Gasteiger partial charge in [0.2, 0.25) is 5.91 Å². The van der Waals surface area contributed by atoms with Crippen molar-refractivity contribution in [3.05, 3.63) is 63.1 Å². The van der Waals surface area contributed by atoms with Crippen molar-refractivity contribution < 1.29 is 14.3 Å². The number of rotatable bonds is 7. The molecule has 152 valence electrons. The van der Waals surface area contributed by atoms with Crippen molar-refractivity contribution in [2.24, 2.45) is 0 Å². The Kier molecular flexibility index (Phi) is 6.38. The highest BCUT2D eigenvalue weighted by atomic mass is 32.2. The van der Waals surface area contributed by atoms with Crippen LogP contribution in [0.3, 0.4) is 0 Å². The molecule has 2 aromatic heterocycles. The largest absolute Gasteiger partial charge is 0.462 e. The number of benzene rings is 1. The number of hydrogen-bond acceptors (Lipinski definition) is 6. The number of aromatic amines is 1. The maximum absolute atomic E-state index is 12.3. The number of aryl methyl sites for hydroxylation is 2. The lowest BCUT2D eigenvalue weighted by Gasteiger charge is -2.07. The van der Waals surface area contributed by atoms with Gasteiger partial charge in [-0.2, -0.15) is 0 Å². The van der Waals surface area contributed by atoms with Crippen LogP contribution in [0, 0.1) is 13.8 Å². The molecule has 8 nitrogen and oxygen atoms in total. The van der Waals surface area contributed by atoms with E-state index in [-0.39, 0.29) is 18.3 Å². The molecule has 9 heteroatoms. The van der Waals surface area contributed by atoms with E-state index in [0.717, 1.165) is 5.56 Å². The van der Waals surface area contributed by atoms with Crippen molar-refractivity contribution >= 4 is 29.2 Å². The number of fused-ring (bicyclic) bond motifs is 1. The van der Waals surface area contributed by atoms with E-state index in [1.165, 1.54) is 11.8 Å². The quantitative estimate of drug-likeness (QED) is 0.454. The van der Waals surface area contributed by atoms with E-state index in [9.17, 15) is 14.4 Å². The number of carbonyl (C=O) groups excluding carboxylic acids is 2. The van der Waals surface area contributed by atoms with E-state index in [0.29, 0.717) is 34.0 Å². The van der Waals surface area contributed by atoms with E-state index < -0.39 is 11.5 Å². The highest BCUT2D eigenvalue weighted by molar-refractivity contribution is 7.99. The van der Waals surface area contributed by atoms with Gasteiger partial charge in [0, 0.05) is 12.2 Å². The summed E-state index contributed by atoms with van der Waals surface area (Å²) in [5.74, 6) is -0.527. The summed E-state index contributed by atoms with van der Waals surface area (Å²) in [5.41, 5.74) is 2.36. The van der Waals surface area contributed by atoms with Crippen LogP contribution in [-0.4, -0.2) is 38.8 Å². The molecule has 0 saturated carbocycles. The first-order valence-corrected chi connectivity index (χ1v) is 10.1. The molecular formula is C20H22N4O4S. The van der Waals surface area contributed by atoms with Gasteiger partial charge in [-0.25, -0.2) is 9.89 Å². The van der Waals surface area contributed by atoms with Crippen molar-refractivity contribution in [3.8, 4) is 0 Å². The van der Waals surface area contributed by atoms with Crippen LogP contribution in [0.5, 0.6) is 0 Å². The second kappa shape index (κ2) is 8.95. The smallest absolute Gasteiger partial charge is 0.340 e. The Labute approximate surface area is 171 Å². The van der Waals surface area contributed by atoms with Gasteiger partial charge in [-0.3, -0.25) is 14.0 Å². The van der Waals surface area contributed by atoms with Crippen molar-refractivity contribution in [1.82, 2.24) is 19.9 Å². The molecule has 3 rings (SSSR count). The topological polar surface area (TPSA) is 106 Å². The summed E-state index contributed by atoms with van der Waals surface area (Å²) in [5, 5.41) is 9.79. The Bertz CT molecular complexity index is 1110. The first-order chi connectivity index (χ1) is 13.9. The number of esters is 1. The molecule has 0 radical (unpaired) electrons. The normalized spacial score (nSPS) is 10.9. The van der Waals surface area contributed by atoms with Gasteiger partial charge in [-0.05, 0) is 31.9 Å². The molecule has 2 heterocycles. The van der Waals surface area contributed by atoms with Crippen LogP contribution in [0.15, 0.2) is 40.3 Å². The maximum Gasteiger partial charge on any atom is 0.340 e. The Morgan fingerprint density at radius 1 is 1.24 bits per heavy atom. The minimum atomic E-state index is -0.484. The number of amides is 1. The summed E-state index contributed by atoms with van der Waals surface area (Å²) in [7, 11) is 0. The maximum atomic E-state index is 12.3. The van der Waals surface area contributed by atoms with E-state index in [2.05, 4.69) is 15.5 Å². The predicted molar refractivity (Wildman–Crippen MR) is 110 cm³/mol. The van der Waals surface area contributed by atoms with Crippen LogP contribution in [0.4, 0.5) is 0 Å². The summed E-state index contributed by atoms with van der Waals surface area (Å²) in [6.45, 7) is 5.82. The van der Waals surface area contributed by atoms with Crippen LogP contribution in [0.25, 0.3) is 5.52 Å². The lowest BCUT2D eigenvalue weighted by atomic mass is 10.1. The molecule has 0 atom stereocenters. The Morgan fingerprint density at radius 2 is 1.97 bits per heavy atom. The van der Waals surface area contributed by atoms with Crippen molar-refractivity contribution in [2.45, 2.75) is 32.5 Å². The SMILES string of the molecule is CCOC(=O)c1c(C)c2c(=O)[nH]nc(SCC(=O)NCc3ccccc3)n2c1C. The van der Waals surface area contributed by atoms with Gasteiger partial charge in [0.25, 0.3) is 5.56 Å². The van der Waals surface area contributed by atoms with Crippen molar-refractivity contribution in [3.63, 3.8) is 0 Å². The lowest BCUT2D eigenvalue weighted by Crippen LogP contribution is -2.25. The van der Waals surface area contributed by atoms with Gasteiger partial charge in [0.05, 0.1) is 17.9 Å². The average molecular weight is 414 g/mol. The lowest BCUT2D eigenvalue weighted by molar-refractivity contribution is -0.118. The third-order valence-corrected chi connectivity index (χ3v) is 5.39. The predicted octanol–water partition coefficient (Wildman–Crippen LogP) is 2.22. The molecule has 0 fully saturated rings. The summed E-state index contributed by atoms with van der Waals surface area (Å²) >= 11 is 1.18. The first kappa shape index (κ1) is 20.7. The van der Waals surface area contributed by atoms with Crippen molar-refractivity contribution in [2.75, 3.05) is 12.4 Å². The minimum absolute atomic E-state index is 0.117. The number of H-pyrrole nitrogens is 1. The van der Waals surface area contributed by atoms with Gasteiger partial charge in [0.1, 0.15) is 5.52 Å². The monoisotopic (exact) mass is 414 g/mol. The molecule has 29 heavy (non-hydrogen) atoms. The number of carbonyl (C=O) groups is 2. The molecule has 1 amide bonds. The summed E-state index contributed by atoms with van der Waals surface area (Å²) in [4.78, 5) is 36.9. The third-order valence-electron chi connectivity index (χ3n) is 4.45. The fourth-order valence-electron chi connectivity index (χ4n) is 3.13. The molecule has 0 saturated heterocycles. The van der Waals surface area contributed by atoms with Crippen LogP contribution in [0.1, 0.15) is 34.1 Å². The van der Waals surface area contributed by atoms with Gasteiger partial charge < -0.3 is 10.1 Å². The summed E-state index contributed by atoms with van der Waals surface area (Å²) in [6.07, 6.45) is 0. The molecule has 0 aliphatic rings. The van der Waals surface area contributed by atoms with E-state index in [4.69, 9.17) is 4.74 Å². The Balaban J connectivity index is 1.82. The van der Waals surface area contributed by atoms with Gasteiger partial charge in [-0.1, -0.05) is 42.1 Å². The highest BCUT2D eigenvalue weighted by Crippen LogP contribution is 2.25. The van der Waals surface area contributed by atoms with E-state index >= 15 is 0 Å². The molecule has 2 N–H and O–H groups in total. The fourth-order valence-corrected chi connectivity index (χ4v) is 3.96. The Morgan fingerprint density at radius 3 is 2.66 bits per heavy atom. The number of aromatic nitrogens is 3. The number of hydrogen-bond donors (Lipinski definition) is 2. The van der Waals surface area contributed by atoms with Crippen LogP contribution in [-0.2, 0) is 16.1 Å². The molecule has 0 aliphatic heterocycles. The molecular weight excluding hydrogens is 392 g/mol. The molecule has 0 spiro atoms. The fraction of sp³-hybridized carbons (Fsp3) is 0.300. The minimum Gasteiger partial charge on any atom is -0.462 e. The Hall–Kier alpha value is -3.07. The number of thioether (sulfide) groups is 1.